The normalized spacial score (nSPS) is 13.3. The van der Waals surface area contributed by atoms with Crippen LogP contribution >= 0.6 is 0 Å². The van der Waals surface area contributed by atoms with E-state index in [1.54, 1.807) is 0 Å². The Labute approximate surface area is 95.0 Å². The summed E-state index contributed by atoms with van der Waals surface area (Å²) in [6, 6.07) is 0. The summed E-state index contributed by atoms with van der Waals surface area (Å²) < 4.78 is 0. The monoisotopic (exact) mass is 213 g/mol. The molecule has 0 heterocycles. The minimum Gasteiger partial charge on any atom is -0.305 e. The smallest absolute Gasteiger partial charge is 0.127 e. The lowest BCUT2D eigenvalue weighted by atomic mass is 9.83. The van der Waals surface area contributed by atoms with Crippen LogP contribution < -0.4 is 0 Å². The van der Waals surface area contributed by atoms with Gasteiger partial charge in [0.05, 0.1) is 0 Å². The standard InChI is InChI=1S/C13H27NO/c1-7-13(8-2,11-15)10-14(6)9-12(3,4)5/h11H,7-10H2,1-6H3. The third-order valence-corrected chi connectivity index (χ3v) is 2.99. The highest BCUT2D eigenvalue weighted by molar-refractivity contribution is 5.59. The van der Waals surface area contributed by atoms with E-state index in [0.29, 0.717) is 5.41 Å². The molecule has 0 aliphatic rings. The molecule has 0 aromatic heterocycles. The fourth-order valence-electron chi connectivity index (χ4n) is 2.08. The molecule has 0 saturated carbocycles. The van der Waals surface area contributed by atoms with Crippen molar-refractivity contribution in [3.63, 3.8) is 0 Å². The molecular weight excluding hydrogens is 186 g/mol. The maximum atomic E-state index is 11.2. The van der Waals surface area contributed by atoms with Gasteiger partial charge in [-0.2, -0.15) is 0 Å². The third kappa shape index (κ3) is 5.31. The van der Waals surface area contributed by atoms with Crippen LogP contribution in [0.15, 0.2) is 0 Å². The molecule has 0 atom stereocenters. The number of carbonyl (C=O) groups excluding carboxylic acids is 1. The minimum absolute atomic E-state index is 0.139. The zero-order valence-electron chi connectivity index (χ0n) is 11.3. The molecule has 2 nitrogen and oxygen atoms in total. The third-order valence-electron chi connectivity index (χ3n) is 2.99. The number of hydrogen-bond acceptors (Lipinski definition) is 2. The van der Waals surface area contributed by atoms with Crippen LogP contribution in [0.3, 0.4) is 0 Å². The van der Waals surface area contributed by atoms with Gasteiger partial charge in [0.15, 0.2) is 0 Å². The lowest BCUT2D eigenvalue weighted by Crippen LogP contribution is -2.39. The van der Waals surface area contributed by atoms with Crippen LogP contribution in [0.25, 0.3) is 0 Å². The number of aldehydes is 1. The summed E-state index contributed by atoms with van der Waals surface area (Å²) in [5, 5.41) is 0. The molecule has 15 heavy (non-hydrogen) atoms. The molecule has 0 saturated heterocycles. The maximum absolute atomic E-state index is 11.2. The van der Waals surface area contributed by atoms with Gasteiger partial charge in [-0.25, -0.2) is 0 Å². The number of rotatable bonds is 6. The van der Waals surface area contributed by atoms with Gasteiger partial charge in [0.1, 0.15) is 6.29 Å². The van der Waals surface area contributed by atoms with E-state index in [2.05, 4.69) is 46.6 Å². The molecule has 0 N–H and O–H groups in total. The Morgan fingerprint density at radius 3 is 1.80 bits per heavy atom. The first-order valence-corrected chi connectivity index (χ1v) is 5.93. The highest BCUT2D eigenvalue weighted by atomic mass is 16.1. The first-order chi connectivity index (χ1) is 6.78. The van der Waals surface area contributed by atoms with Gasteiger partial charge in [0.25, 0.3) is 0 Å². The van der Waals surface area contributed by atoms with Gasteiger partial charge >= 0.3 is 0 Å². The molecule has 0 radical (unpaired) electrons. The molecule has 0 aliphatic carbocycles. The van der Waals surface area contributed by atoms with Crippen LogP contribution in [-0.4, -0.2) is 31.3 Å². The first kappa shape index (κ1) is 14.6. The largest absolute Gasteiger partial charge is 0.305 e. The van der Waals surface area contributed by atoms with Crippen LogP contribution in [0.5, 0.6) is 0 Å². The maximum Gasteiger partial charge on any atom is 0.127 e. The highest BCUT2D eigenvalue weighted by Gasteiger charge is 2.28. The van der Waals surface area contributed by atoms with E-state index < -0.39 is 0 Å². The Morgan fingerprint density at radius 1 is 1.07 bits per heavy atom. The van der Waals surface area contributed by atoms with E-state index in [4.69, 9.17) is 0 Å². The molecular formula is C13H27NO. The molecule has 0 aromatic carbocycles. The average Bonchev–Trinajstić information content (AvgIpc) is 2.11. The molecule has 2 heteroatoms. The zero-order valence-corrected chi connectivity index (χ0v) is 11.3. The molecule has 0 amide bonds. The summed E-state index contributed by atoms with van der Waals surface area (Å²) in [4.78, 5) is 13.4. The number of hydrogen-bond donors (Lipinski definition) is 0. The van der Waals surface area contributed by atoms with Crippen LogP contribution in [0.2, 0.25) is 0 Å². The van der Waals surface area contributed by atoms with Crippen molar-refractivity contribution in [3.05, 3.63) is 0 Å². The number of nitrogens with zero attached hydrogens (tertiary/aromatic N) is 1. The SMILES string of the molecule is CCC(C=O)(CC)CN(C)CC(C)(C)C. The van der Waals surface area contributed by atoms with Crippen molar-refractivity contribution in [2.45, 2.75) is 47.5 Å². The quantitative estimate of drug-likeness (QED) is 0.632. The van der Waals surface area contributed by atoms with E-state index in [0.717, 1.165) is 32.2 Å². The summed E-state index contributed by atoms with van der Waals surface area (Å²) in [6.07, 6.45) is 3.01. The fraction of sp³-hybridized carbons (Fsp3) is 0.923. The Bertz CT molecular complexity index is 189. The van der Waals surface area contributed by atoms with E-state index in [9.17, 15) is 4.79 Å². The molecule has 0 fully saturated rings. The van der Waals surface area contributed by atoms with Gasteiger partial charge in [-0.1, -0.05) is 34.6 Å². The lowest BCUT2D eigenvalue weighted by Gasteiger charge is -2.34. The van der Waals surface area contributed by atoms with E-state index >= 15 is 0 Å². The lowest BCUT2D eigenvalue weighted by molar-refractivity contribution is -0.117. The van der Waals surface area contributed by atoms with Crippen molar-refractivity contribution in [2.75, 3.05) is 20.1 Å². The van der Waals surface area contributed by atoms with Crippen LogP contribution in [0, 0.1) is 10.8 Å². The molecule has 90 valence electrons. The van der Waals surface area contributed by atoms with Crippen molar-refractivity contribution in [1.29, 1.82) is 0 Å². The Balaban J connectivity index is 4.36. The molecule has 0 aromatic rings. The highest BCUT2D eigenvalue weighted by Crippen LogP contribution is 2.25. The van der Waals surface area contributed by atoms with E-state index in [-0.39, 0.29) is 5.41 Å². The van der Waals surface area contributed by atoms with Crippen molar-refractivity contribution in [3.8, 4) is 0 Å². The van der Waals surface area contributed by atoms with Crippen LogP contribution in [0.1, 0.15) is 47.5 Å². The predicted molar refractivity (Wildman–Crippen MR) is 66.0 cm³/mol. The van der Waals surface area contributed by atoms with Gasteiger partial charge < -0.3 is 9.69 Å². The van der Waals surface area contributed by atoms with Gasteiger partial charge in [0, 0.05) is 18.5 Å². The molecule has 0 rings (SSSR count). The van der Waals surface area contributed by atoms with Gasteiger partial charge in [0.2, 0.25) is 0 Å². The molecule has 0 aliphatic heterocycles. The van der Waals surface area contributed by atoms with Gasteiger partial charge in [-0.15, -0.1) is 0 Å². The van der Waals surface area contributed by atoms with Crippen molar-refractivity contribution < 1.29 is 4.79 Å². The summed E-state index contributed by atoms with van der Waals surface area (Å²) in [6.45, 7) is 12.8. The average molecular weight is 213 g/mol. The first-order valence-electron chi connectivity index (χ1n) is 5.93. The Morgan fingerprint density at radius 2 is 1.53 bits per heavy atom. The summed E-state index contributed by atoms with van der Waals surface area (Å²) in [5.41, 5.74) is 0.158. The fourth-order valence-corrected chi connectivity index (χ4v) is 2.08. The number of carbonyl (C=O) groups is 1. The van der Waals surface area contributed by atoms with E-state index in [1.165, 1.54) is 0 Å². The van der Waals surface area contributed by atoms with Crippen molar-refractivity contribution >= 4 is 6.29 Å². The second kappa shape index (κ2) is 5.64. The van der Waals surface area contributed by atoms with E-state index in [1.807, 2.05) is 0 Å². The van der Waals surface area contributed by atoms with Gasteiger partial charge in [-0.3, -0.25) is 0 Å². The summed E-state index contributed by atoms with van der Waals surface area (Å²) in [7, 11) is 2.11. The minimum atomic E-state index is -0.139. The molecule has 0 unspecified atom stereocenters. The van der Waals surface area contributed by atoms with Crippen molar-refractivity contribution in [1.82, 2.24) is 4.90 Å². The van der Waals surface area contributed by atoms with Crippen LogP contribution in [-0.2, 0) is 4.79 Å². The Hall–Kier alpha value is -0.370. The van der Waals surface area contributed by atoms with Crippen LogP contribution in [0.4, 0.5) is 0 Å². The second-order valence-electron chi connectivity index (χ2n) is 5.92. The summed E-state index contributed by atoms with van der Waals surface area (Å²) >= 11 is 0. The van der Waals surface area contributed by atoms with Crippen molar-refractivity contribution in [2.24, 2.45) is 10.8 Å². The topological polar surface area (TPSA) is 20.3 Å². The molecule has 0 spiro atoms. The predicted octanol–water partition coefficient (Wildman–Crippen LogP) is 2.97. The zero-order chi connectivity index (χ0) is 12.1. The molecule has 0 bridgehead atoms. The second-order valence-corrected chi connectivity index (χ2v) is 5.92. The Kier molecular flexibility index (Phi) is 5.50. The summed E-state index contributed by atoms with van der Waals surface area (Å²) in [5.74, 6) is 0. The van der Waals surface area contributed by atoms with Gasteiger partial charge in [-0.05, 0) is 25.3 Å².